The second kappa shape index (κ2) is 4.51. The summed E-state index contributed by atoms with van der Waals surface area (Å²) in [5, 5.41) is 3.93. The highest BCUT2D eigenvalue weighted by Crippen LogP contribution is 2.18. The molecule has 0 aliphatic heterocycles. The number of aromatic nitrogens is 1. The van der Waals surface area contributed by atoms with Crippen LogP contribution in [0.15, 0.2) is 35.9 Å². The molecule has 88 valence electrons. The second-order valence-electron chi connectivity index (χ2n) is 3.73. The van der Waals surface area contributed by atoms with Gasteiger partial charge in [-0.1, -0.05) is 18.2 Å². The summed E-state index contributed by atoms with van der Waals surface area (Å²) in [5.74, 6) is -0.221. The molecule has 0 aliphatic carbocycles. The Morgan fingerprint density at radius 3 is 2.94 bits per heavy atom. The van der Waals surface area contributed by atoms with Gasteiger partial charge in [0.2, 0.25) is 0 Å². The minimum Gasteiger partial charge on any atom is -0.399 e. The van der Waals surface area contributed by atoms with Gasteiger partial charge in [-0.25, -0.2) is 0 Å². The van der Waals surface area contributed by atoms with E-state index in [0.717, 1.165) is 10.9 Å². The highest BCUT2D eigenvalue weighted by atomic mass is 35.5. The second-order valence-corrected chi connectivity index (χ2v) is 4.26. The highest BCUT2D eigenvalue weighted by Gasteiger charge is 2.09. The van der Waals surface area contributed by atoms with Crippen LogP contribution in [0.25, 0.3) is 10.9 Å². The van der Waals surface area contributed by atoms with E-state index >= 15 is 0 Å². The van der Waals surface area contributed by atoms with Crippen LogP contribution in [-0.4, -0.2) is 17.4 Å². The molecule has 0 bridgehead atoms. The van der Waals surface area contributed by atoms with Gasteiger partial charge in [-0.05, 0) is 24.3 Å². The number of fused-ring (bicyclic) bond motifs is 1. The average molecular weight is 250 g/mol. The van der Waals surface area contributed by atoms with Crippen molar-refractivity contribution >= 4 is 34.1 Å². The maximum absolute atomic E-state index is 11.7. The third-order valence-corrected chi connectivity index (χ3v) is 2.46. The van der Waals surface area contributed by atoms with E-state index in [1.165, 1.54) is 0 Å². The molecule has 1 aromatic heterocycles. The lowest BCUT2D eigenvalue weighted by atomic mass is 10.2. The molecule has 1 aromatic carbocycles. The van der Waals surface area contributed by atoms with Gasteiger partial charge in [0.25, 0.3) is 5.91 Å². The Kier molecular flexibility index (Phi) is 3.06. The number of nitrogens with two attached hydrogens (primary N) is 1. The third kappa shape index (κ3) is 2.60. The molecule has 0 atom stereocenters. The van der Waals surface area contributed by atoms with Crippen molar-refractivity contribution in [3.8, 4) is 0 Å². The van der Waals surface area contributed by atoms with E-state index in [2.05, 4.69) is 16.9 Å². The monoisotopic (exact) mass is 249 g/mol. The number of aromatic amines is 1. The lowest BCUT2D eigenvalue weighted by Gasteiger charge is -2.00. The summed E-state index contributed by atoms with van der Waals surface area (Å²) in [6.45, 7) is 3.75. The van der Waals surface area contributed by atoms with E-state index in [1.807, 2.05) is 12.1 Å². The number of amides is 1. The van der Waals surface area contributed by atoms with Crippen LogP contribution in [-0.2, 0) is 0 Å². The van der Waals surface area contributed by atoms with Crippen LogP contribution in [0.2, 0.25) is 0 Å². The van der Waals surface area contributed by atoms with E-state index in [1.54, 1.807) is 12.1 Å². The average Bonchev–Trinajstić information content (AvgIpc) is 2.68. The van der Waals surface area contributed by atoms with E-state index in [0.29, 0.717) is 16.4 Å². The van der Waals surface area contributed by atoms with Crippen molar-refractivity contribution in [2.75, 3.05) is 12.3 Å². The zero-order valence-corrected chi connectivity index (χ0v) is 9.84. The van der Waals surface area contributed by atoms with E-state index in [4.69, 9.17) is 17.3 Å². The van der Waals surface area contributed by atoms with Gasteiger partial charge in [0.1, 0.15) is 5.69 Å². The number of H-pyrrole nitrogens is 1. The number of nitrogens with one attached hydrogen (secondary N) is 2. The predicted molar refractivity (Wildman–Crippen MR) is 70.0 cm³/mol. The first-order valence-corrected chi connectivity index (χ1v) is 5.44. The van der Waals surface area contributed by atoms with Gasteiger partial charge in [0.05, 0.1) is 6.54 Å². The molecule has 4 N–H and O–H groups in total. The Bertz CT molecular complexity index is 588. The smallest absolute Gasteiger partial charge is 0.268 e. The standard InChI is InChI=1S/C12H12ClN3O/c1-7(13)6-15-12(17)11-5-8-4-9(14)2-3-10(8)16-11/h2-5,16H,1,6,14H2,(H,15,17). The SMILES string of the molecule is C=C(Cl)CNC(=O)c1cc2cc(N)ccc2[nH]1. The quantitative estimate of drug-likeness (QED) is 0.730. The molecular formula is C12H12ClN3O. The number of nitrogen functional groups attached to an aromatic ring is 1. The molecule has 1 heterocycles. The zero-order valence-electron chi connectivity index (χ0n) is 9.09. The molecular weight excluding hydrogens is 238 g/mol. The minimum atomic E-state index is -0.221. The molecule has 0 unspecified atom stereocenters. The van der Waals surface area contributed by atoms with Gasteiger partial charge in [-0.15, -0.1) is 0 Å². The van der Waals surface area contributed by atoms with E-state index < -0.39 is 0 Å². The van der Waals surface area contributed by atoms with Gasteiger partial charge < -0.3 is 16.0 Å². The fourth-order valence-electron chi connectivity index (χ4n) is 1.54. The first kappa shape index (κ1) is 11.5. The summed E-state index contributed by atoms with van der Waals surface area (Å²) < 4.78 is 0. The lowest BCUT2D eigenvalue weighted by Crippen LogP contribution is -2.24. The Morgan fingerprint density at radius 1 is 1.47 bits per heavy atom. The van der Waals surface area contributed by atoms with Gasteiger partial charge in [-0.2, -0.15) is 0 Å². The summed E-state index contributed by atoms with van der Waals surface area (Å²) in [4.78, 5) is 14.7. The van der Waals surface area contributed by atoms with E-state index in [-0.39, 0.29) is 12.5 Å². The molecule has 5 heteroatoms. The predicted octanol–water partition coefficient (Wildman–Crippen LogP) is 2.23. The van der Waals surface area contributed by atoms with Crippen LogP contribution in [0.5, 0.6) is 0 Å². The number of halogens is 1. The molecule has 17 heavy (non-hydrogen) atoms. The summed E-state index contributed by atoms with van der Waals surface area (Å²) in [7, 11) is 0. The Balaban J connectivity index is 2.24. The maximum atomic E-state index is 11.7. The van der Waals surface area contributed by atoms with Gasteiger partial charge in [0.15, 0.2) is 0 Å². The summed E-state index contributed by atoms with van der Waals surface area (Å²) in [6.07, 6.45) is 0. The molecule has 2 rings (SSSR count). The number of carbonyl (C=O) groups is 1. The number of benzene rings is 1. The molecule has 0 radical (unpaired) electrons. The van der Waals surface area contributed by atoms with Crippen molar-refractivity contribution in [3.05, 3.63) is 41.6 Å². The maximum Gasteiger partial charge on any atom is 0.268 e. The highest BCUT2D eigenvalue weighted by molar-refractivity contribution is 6.29. The molecule has 4 nitrogen and oxygen atoms in total. The Morgan fingerprint density at radius 2 is 2.24 bits per heavy atom. The molecule has 0 saturated heterocycles. The van der Waals surface area contributed by atoms with Crippen molar-refractivity contribution in [3.63, 3.8) is 0 Å². The third-order valence-electron chi connectivity index (χ3n) is 2.33. The van der Waals surface area contributed by atoms with Crippen molar-refractivity contribution in [2.24, 2.45) is 0 Å². The molecule has 0 spiro atoms. The van der Waals surface area contributed by atoms with E-state index in [9.17, 15) is 4.79 Å². The van der Waals surface area contributed by atoms with Crippen molar-refractivity contribution in [1.82, 2.24) is 10.3 Å². The number of hydrogen-bond acceptors (Lipinski definition) is 2. The number of rotatable bonds is 3. The molecule has 0 saturated carbocycles. The molecule has 1 amide bonds. The summed E-state index contributed by atoms with van der Waals surface area (Å²) >= 11 is 5.57. The molecule has 0 fully saturated rings. The first-order chi connectivity index (χ1) is 8.06. The number of carbonyl (C=O) groups excluding carboxylic acids is 1. The van der Waals surface area contributed by atoms with Crippen molar-refractivity contribution < 1.29 is 4.79 Å². The number of hydrogen-bond donors (Lipinski definition) is 3. The van der Waals surface area contributed by atoms with Crippen molar-refractivity contribution in [2.45, 2.75) is 0 Å². The van der Waals surface area contributed by atoms with Crippen LogP contribution >= 0.6 is 11.6 Å². The Hall–Kier alpha value is -1.94. The van der Waals surface area contributed by atoms with Gasteiger partial charge >= 0.3 is 0 Å². The normalized spacial score (nSPS) is 10.4. The van der Waals surface area contributed by atoms with Gasteiger partial charge in [-0.3, -0.25) is 4.79 Å². The topological polar surface area (TPSA) is 70.9 Å². The van der Waals surface area contributed by atoms with Crippen LogP contribution in [0, 0.1) is 0 Å². The fraction of sp³-hybridized carbons (Fsp3) is 0.0833. The minimum absolute atomic E-state index is 0.221. The van der Waals surface area contributed by atoms with Crippen LogP contribution in [0.3, 0.4) is 0 Å². The molecule has 2 aromatic rings. The molecule has 0 aliphatic rings. The summed E-state index contributed by atoms with van der Waals surface area (Å²) in [6, 6.07) is 7.17. The number of anilines is 1. The largest absolute Gasteiger partial charge is 0.399 e. The van der Waals surface area contributed by atoms with Gasteiger partial charge in [0, 0.05) is 21.6 Å². The van der Waals surface area contributed by atoms with Crippen molar-refractivity contribution in [1.29, 1.82) is 0 Å². The lowest BCUT2D eigenvalue weighted by molar-refractivity contribution is 0.0953. The van der Waals surface area contributed by atoms with Crippen LogP contribution < -0.4 is 11.1 Å². The first-order valence-electron chi connectivity index (χ1n) is 5.06. The zero-order chi connectivity index (χ0) is 12.4. The Labute approximate surface area is 103 Å². The van der Waals surface area contributed by atoms with Crippen LogP contribution in [0.4, 0.5) is 5.69 Å². The fourth-order valence-corrected chi connectivity index (χ4v) is 1.61. The van der Waals surface area contributed by atoms with Crippen LogP contribution in [0.1, 0.15) is 10.5 Å². The summed E-state index contributed by atoms with van der Waals surface area (Å²) in [5.41, 5.74) is 7.67.